The molecule has 1 rings (SSSR count). The Morgan fingerprint density at radius 2 is 2.00 bits per heavy atom. The minimum atomic E-state index is -0.111. The van der Waals surface area contributed by atoms with Crippen molar-refractivity contribution in [2.24, 2.45) is 0 Å². The fraction of sp³-hybridized carbons (Fsp3) is 0.625. The van der Waals surface area contributed by atoms with Gasteiger partial charge in [-0.2, -0.15) is 0 Å². The number of nitrogens with one attached hydrogen (secondary N) is 1. The van der Waals surface area contributed by atoms with Crippen molar-refractivity contribution in [3.05, 3.63) is 29.6 Å². The molecular formula is C16H27FN2. The molecule has 19 heavy (non-hydrogen) atoms. The van der Waals surface area contributed by atoms with Crippen LogP contribution in [0.4, 0.5) is 10.1 Å². The third-order valence-corrected chi connectivity index (χ3v) is 3.49. The molecule has 0 saturated carbocycles. The Hall–Kier alpha value is -1.09. The molecule has 0 fully saturated rings. The lowest BCUT2D eigenvalue weighted by Gasteiger charge is -2.24. The fourth-order valence-electron chi connectivity index (χ4n) is 2.27. The largest absolute Gasteiger partial charge is 0.369 e. The second-order valence-corrected chi connectivity index (χ2v) is 4.92. The monoisotopic (exact) mass is 266 g/mol. The van der Waals surface area contributed by atoms with Gasteiger partial charge >= 0.3 is 0 Å². The number of halogens is 1. The first-order valence-electron chi connectivity index (χ1n) is 7.41. The van der Waals surface area contributed by atoms with Crippen molar-refractivity contribution in [3.63, 3.8) is 0 Å². The number of nitrogens with zero attached hydrogens (tertiary/aromatic N) is 1. The Morgan fingerprint density at radius 3 is 2.53 bits per heavy atom. The first-order chi connectivity index (χ1) is 9.13. The quantitative estimate of drug-likeness (QED) is 0.761. The van der Waals surface area contributed by atoms with E-state index in [2.05, 4.69) is 37.9 Å². The average molecular weight is 266 g/mol. The van der Waals surface area contributed by atoms with Crippen LogP contribution in [0.1, 0.15) is 52.1 Å². The van der Waals surface area contributed by atoms with Gasteiger partial charge in [0.2, 0.25) is 0 Å². The molecule has 1 aromatic rings. The molecule has 0 spiro atoms. The van der Waals surface area contributed by atoms with E-state index >= 15 is 0 Å². The van der Waals surface area contributed by atoms with E-state index in [1.165, 1.54) is 0 Å². The molecule has 1 N–H and O–H groups in total. The molecule has 1 atom stereocenters. The van der Waals surface area contributed by atoms with Crippen molar-refractivity contribution in [1.29, 1.82) is 0 Å². The Kier molecular flexibility index (Phi) is 6.85. The topological polar surface area (TPSA) is 15.3 Å². The number of hydrogen-bond donors (Lipinski definition) is 1. The number of benzene rings is 1. The van der Waals surface area contributed by atoms with Gasteiger partial charge in [0, 0.05) is 19.1 Å². The highest BCUT2D eigenvalue weighted by molar-refractivity contribution is 5.49. The zero-order valence-corrected chi connectivity index (χ0v) is 12.7. The van der Waals surface area contributed by atoms with Crippen molar-refractivity contribution in [3.8, 4) is 0 Å². The summed E-state index contributed by atoms with van der Waals surface area (Å²) in [7, 11) is 0. The van der Waals surface area contributed by atoms with Crippen LogP contribution in [0.15, 0.2) is 18.2 Å². The number of hydrogen-bond acceptors (Lipinski definition) is 2. The van der Waals surface area contributed by atoms with Gasteiger partial charge in [0.1, 0.15) is 5.82 Å². The van der Waals surface area contributed by atoms with Crippen LogP contribution in [-0.4, -0.2) is 19.6 Å². The Morgan fingerprint density at radius 1 is 1.26 bits per heavy atom. The maximum atomic E-state index is 14.2. The van der Waals surface area contributed by atoms with E-state index in [0.29, 0.717) is 0 Å². The normalized spacial score (nSPS) is 12.5. The summed E-state index contributed by atoms with van der Waals surface area (Å²) >= 11 is 0. The Labute approximate surface area is 117 Å². The lowest BCUT2D eigenvalue weighted by molar-refractivity contribution is 0.579. The highest BCUT2D eigenvalue weighted by Crippen LogP contribution is 2.23. The second-order valence-electron chi connectivity index (χ2n) is 4.92. The summed E-state index contributed by atoms with van der Waals surface area (Å²) in [5.74, 6) is -0.111. The molecule has 0 aromatic heterocycles. The maximum Gasteiger partial charge on any atom is 0.146 e. The molecule has 0 saturated heterocycles. The molecule has 0 amide bonds. The van der Waals surface area contributed by atoms with Crippen LogP contribution in [0.25, 0.3) is 0 Å². The molecule has 0 aliphatic carbocycles. The van der Waals surface area contributed by atoms with E-state index in [0.717, 1.165) is 43.7 Å². The molecule has 108 valence electrons. The highest BCUT2D eigenvalue weighted by Gasteiger charge is 2.12. The van der Waals surface area contributed by atoms with Crippen molar-refractivity contribution in [2.45, 2.75) is 46.6 Å². The third-order valence-electron chi connectivity index (χ3n) is 3.49. The van der Waals surface area contributed by atoms with Gasteiger partial charge in [0.25, 0.3) is 0 Å². The number of rotatable bonds is 8. The van der Waals surface area contributed by atoms with Crippen LogP contribution in [0.3, 0.4) is 0 Å². The summed E-state index contributed by atoms with van der Waals surface area (Å²) in [6.45, 7) is 11.0. The number of unbranched alkanes of at least 4 members (excludes halogenated alkanes) is 1. The van der Waals surface area contributed by atoms with Gasteiger partial charge in [-0.1, -0.05) is 26.3 Å². The molecule has 0 radical (unpaired) electrons. The Balaban J connectivity index is 2.85. The molecule has 0 aliphatic heterocycles. The molecule has 0 heterocycles. The van der Waals surface area contributed by atoms with Gasteiger partial charge in [0.05, 0.1) is 5.69 Å². The summed E-state index contributed by atoms with van der Waals surface area (Å²) in [4.78, 5) is 2.11. The molecular weight excluding hydrogens is 239 g/mol. The Bertz CT molecular complexity index is 379. The third kappa shape index (κ3) is 4.50. The van der Waals surface area contributed by atoms with Crippen LogP contribution in [0.2, 0.25) is 0 Å². The fourth-order valence-corrected chi connectivity index (χ4v) is 2.27. The van der Waals surface area contributed by atoms with Crippen LogP contribution in [-0.2, 0) is 0 Å². The van der Waals surface area contributed by atoms with Crippen molar-refractivity contribution in [1.82, 2.24) is 5.32 Å². The molecule has 3 heteroatoms. The van der Waals surface area contributed by atoms with Crippen LogP contribution in [0, 0.1) is 5.82 Å². The highest BCUT2D eigenvalue weighted by atomic mass is 19.1. The molecule has 1 aromatic carbocycles. The second kappa shape index (κ2) is 8.16. The minimum absolute atomic E-state index is 0.111. The summed E-state index contributed by atoms with van der Waals surface area (Å²) in [5.41, 5.74) is 1.73. The molecule has 0 bridgehead atoms. The SMILES string of the molecule is CCCCN(CC)c1ccc(C(C)NCC)cc1F. The predicted octanol–water partition coefficient (Wildman–Crippen LogP) is 4.12. The summed E-state index contributed by atoms with van der Waals surface area (Å²) < 4.78 is 14.2. The summed E-state index contributed by atoms with van der Waals surface area (Å²) in [5, 5.41) is 3.31. The minimum Gasteiger partial charge on any atom is -0.369 e. The van der Waals surface area contributed by atoms with Gasteiger partial charge in [-0.15, -0.1) is 0 Å². The summed E-state index contributed by atoms with van der Waals surface area (Å²) in [6, 6.07) is 5.80. The van der Waals surface area contributed by atoms with Crippen LogP contribution in [0.5, 0.6) is 0 Å². The van der Waals surface area contributed by atoms with Gasteiger partial charge in [-0.05, 0) is 44.5 Å². The summed E-state index contributed by atoms with van der Waals surface area (Å²) in [6.07, 6.45) is 2.23. The maximum absolute atomic E-state index is 14.2. The predicted molar refractivity (Wildman–Crippen MR) is 81.3 cm³/mol. The van der Waals surface area contributed by atoms with Crippen molar-refractivity contribution >= 4 is 5.69 Å². The van der Waals surface area contributed by atoms with E-state index in [9.17, 15) is 4.39 Å². The van der Waals surface area contributed by atoms with Gasteiger partial charge in [0.15, 0.2) is 0 Å². The van der Waals surface area contributed by atoms with Crippen molar-refractivity contribution in [2.75, 3.05) is 24.5 Å². The van der Waals surface area contributed by atoms with Gasteiger partial charge < -0.3 is 10.2 Å². The van der Waals surface area contributed by atoms with Gasteiger partial charge in [-0.25, -0.2) is 4.39 Å². The molecule has 0 aliphatic rings. The van der Waals surface area contributed by atoms with E-state index < -0.39 is 0 Å². The number of anilines is 1. The molecule has 2 nitrogen and oxygen atoms in total. The van der Waals surface area contributed by atoms with Crippen molar-refractivity contribution < 1.29 is 4.39 Å². The van der Waals surface area contributed by atoms with Gasteiger partial charge in [-0.3, -0.25) is 0 Å². The van der Waals surface area contributed by atoms with E-state index in [1.54, 1.807) is 6.07 Å². The smallest absolute Gasteiger partial charge is 0.146 e. The first-order valence-corrected chi connectivity index (χ1v) is 7.41. The zero-order valence-electron chi connectivity index (χ0n) is 12.7. The average Bonchev–Trinajstić information content (AvgIpc) is 2.41. The zero-order chi connectivity index (χ0) is 14.3. The van der Waals surface area contributed by atoms with E-state index in [4.69, 9.17) is 0 Å². The lowest BCUT2D eigenvalue weighted by atomic mass is 10.1. The lowest BCUT2D eigenvalue weighted by Crippen LogP contribution is -2.25. The van der Waals surface area contributed by atoms with E-state index in [-0.39, 0.29) is 11.9 Å². The standard InChI is InChI=1S/C16H27FN2/c1-5-8-11-19(7-3)16-10-9-14(12-15(16)17)13(4)18-6-2/h9-10,12-13,18H,5-8,11H2,1-4H3. The first kappa shape index (κ1) is 16.0. The van der Waals surface area contributed by atoms with Crippen LogP contribution >= 0.6 is 0 Å². The van der Waals surface area contributed by atoms with Crippen LogP contribution < -0.4 is 10.2 Å². The van der Waals surface area contributed by atoms with E-state index in [1.807, 2.05) is 12.1 Å². The molecule has 1 unspecified atom stereocenters.